The van der Waals surface area contributed by atoms with Gasteiger partial charge in [-0.3, -0.25) is 9.36 Å². The van der Waals surface area contributed by atoms with E-state index in [1.54, 1.807) is 30.5 Å². The number of nitrogens with zero attached hydrogens (tertiary/aromatic N) is 5. The molecule has 5 rings (SSSR count). The predicted octanol–water partition coefficient (Wildman–Crippen LogP) is 4.51. The van der Waals surface area contributed by atoms with E-state index >= 15 is 0 Å². The number of rotatable bonds is 5. The summed E-state index contributed by atoms with van der Waals surface area (Å²) in [7, 11) is 1.88. The quantitative estimate of drug-likeness (QED) is 0.369. The molecule has 160 valence electrons. The van der Waals surface area contributed by atoms with Crippen LogP contribution in [-0.4, -0.2) is 24.3 Å². The highest BCUT2D eigenvalue weighted by molar-refractivity contribution is 7.98. The van der Waals surface area contributed by atoms with Crippen LogP contribution in [0.3, 0.4) is 0 Å². The van der Waals surface area contributed by atoms with Crippen LogP contribution in [0.1, 0.15) is 11.6 Å². The van der Waals surface area contributed by atoms with Crippen molar-refractivity contribution in [3.63, 3.8) is 0 Å². The molecule has 5 aromatic rings. The largest absolute Gasteiger partial charge is 0.469 e. The van der Waals surface area contributed by atoms with Gasteiger partial charge in [0.15, 0.2) is 11.0 Å². The van der Waals surface area contributed by atoms with Crippen molar-refractivity contribution < 1.29 is 8.81 Å². The molecule has 3 heterocycles. The molecule has 0 bridgehead atoms. The van der Waals surface area contributed by atoms with Crippen molar-refractivity contribution in [2.75, 3.05) is 0 Å². The average molecular weight is 447 g/mol. The van der Waals surface area contributed by atoms with Crippen molar-refractivity contribution in [2.24, 2.45) is 7.05 Å². The number of furan rings is 1. The monoisotopic (exact) mass is 447 g/mol. The fraction of sp³-hybridized carbons (Fsp3) is 0.130. The molecule has 0 aliphatic heterocycles. The molecule has 0 saturated heterocycles. The Morgan fingerprint density at radius 2 is 1.84 bits per heavy atom. The summed E-state index contributed by atoms with van der Waals surface area (Å²) in [5.74, 6) is 2.00. The summed E-state index contributed by atoms with van der Waals surface area (Å²) < 4.78 is 22.3. The van der Waals surface area contributed by atoms with Crippen molar-refractivity contribution in [1.29, 1.82) is 0 Å². The van der Waals surface area contributed by atoms with E-state index in [1.807, 2.05) is 36.7 Å². The first-order chi connectivity index (χ1) is 15.5. The predicted molar refractivity (Wildman–Crippen MR) is 120 cm³/mol. The lowest BCUT2D eigenvalue weighted by Crippen LogP contribution is -2.23. The van der Waals surface area contributed by atoms with Gasteiger partial charge in [-0.05, 0) is 49.4 Å². The molecule has 0 unspecified atom stereocenters. The Balaban J connectivity index is 1.55. The lowest BCUT2D eigenvalue weighted by atomic mass is 10.2. The van der Waals surface area contributed by atoms with Gasteiger partial charge in [0.05, 0.1) is 34.2 Å². The third kappa shape index (κ3) is 3.50. The van der Waals surface area contributed by atoms with Gasteiger partial charge >= 0.3 is 0 Å². The molecule has 9 heteroatoms. The van der Waals surface area contributed by atoms with Crippen LogP contribution in [0.2, 0.25) is 0 Å². The molecule has 0 amide bonds. The van der Waals surface area contributed by atoms with Gasteiger partial charge in [-0.25, -0.2) is 9.37 Å². The van der Waals surface area contributed by atoms with E-state index in [4.69, 9.17) is 9.40 Å². The molecule has 0 atom stereocenters. The molecular formula is C23H18FN5O2S. The lowest BCUT2D eigenvalue weighted by Gasteiger charge is -2.13. The van der Waals surface area contributed by atoms with Crippen LogP contribution in [0.4, 0.5) is 4.39 Å². The SMILES string of the molecule is Cc1occc1-c1nnc(SCc2nc3ccccc3c(=O)n2-c2ccc(F)cc2)n1C. The number of aromatic nitrogens is 5. The highest BCUT2D eigenvalue weighted by Gasteiger charge is 2.17. The number of thioether (sulfide) groups is 1. The van der Waals surface area contributed by atoms with Gasteiger partial charge < -0.3 is 8.98 Å². The second-order valence-corrected chi connectivity index (χ2v) is 8.15. The Morgan fingerprint density at radius 1 is 1.06 bits per heavy atom. The summed E-state index contributed by atoms with van der Waals surface area (Å²) in [5.41, 5.74) is 1.83. The van der Waals surface area contributed by atoms with E-state index in [9.17, 15) is 9.18 Å². The van der Waals surface area contributed by atoms with Gasteiger partial charge in [-0.2, -0.15) is 0 Å². The molecule has 32 heavy (non-hydrogen) atoms. The molecule has 2 aromatic carbocycles. The Morgan fingerprint density at radius 3 is 2.59 bits per heavy atom. The summed E-state index contributed by atoms with van der Waals surface area (Å²) >= 11 is 1.42. The second-order valence-electron chi connectivity index (χ2n) is 7.21. The van der Waals surface area contributed by atoms with Gasteiger partial charge in [0.25, 0.3) is 5.56 Å². The van der Waals surface area contributed by atoms with Crippen molar-refractivity contribution in [2.45, 2.75) is 17.8 Å². The number of hydrogen-bond donors (Lipinski definition) is 0. The summed E-state index contributed by atoms with van der Waals surface area (Å²) in [5, 5.41) is 9.76. The van der Waals surface area contributed by atoms with Gasteiger partial charge in [-0.15, -0.1) is 10.2 Å². The zero-order chi connectivity index (χ0) is 22.2. The van der Waals surface area contributed by atoms with E-state index in [2.05, 4.69) is 10.2 Å². The van der Waals surface area contributed by atoms with Gasteiger partial charge in [0.2, 0.25) is 0 Å². The van der Waals surface area contributed by atoms with Gasteiger partial charge in [0, 0.05) is 7.05 Å². The fourth-order valence-corrected chi connectivity index (χ4v) is 4.38. The van der Waals surface area contributed by atoms with Crippen LogP contribution in [0.15, 0.2) is 75.2 Å². The molecule has 3 aromatic heterocycles. The van der Waals surface area contributed by atoms with E-state index in [0.717, 1.165) is 11.3 Å². The van der Waals surface area contributed by atoms with Crippen molar-refractivity contribution in [3.05, 3.63) is 88.6 Å². The maximum absolute atomic E-state index is 13.5. The maximum Gasteiger partial charge on any atom is 0.265 e. The molecular weight excluding hydrogens is 429 g/mol. The van der Waals surface area contributed by atoms with E-state index in [1.165, 1.54) is 28.5 Å². The molecule has 0 saturated carbocycles. The Labute approximate surface area is 186 Å². The first-order valence-electron chi connectivity index (χ1n) is 9.86. The number of fused-ring (bicyclic) bond motifs is 1. The topological polar surface area (TPSA) is 78.7 Å². The smallest absolute Gasteiger partial charge is 0.265 e. The molecule has 0 spiro atoms. The molecule has 7 nitrogen and oxygen atoms in total. The van der Waals surface area contributed by atoms with Crippen molar-refractivity contribution >= 4 is 22.7 Å². The summed E-state index contributed by atoms with van der Waals surface area (Å²) in [4.78, 5) is 18.0. The molecule has 0 fully saturated rings. The normalized spacial score (nSPS) is 11.3. The van der Waals surface area contributed by atoms with Crippen LogP contribution >= 0.6 is 11.8 Å². The van der Waals surface area contributed by atoms with Gasteiger partial charge in [-0.1, -0.05) is 23.9 Å². The van der Waals surface area contributed by atoms with E-state index in [0.29, 0.717) is 39.1 Å². The van der Waals surface area contributed by atoms with Crippen LogP contribution in [0.25, 0.3) is 28.0 Å². The number of para-hydroxylation sites is 1. The number of halogens is 1. The number of aryl methyl sites for hydroxylation is 1. The molecule has 0 radical (unpaired) electrons. The highest BCUT2D eigenvalue weighted by atomic mass is 32.2. The van der Waals surface area contributed by atoms with Crippen LogP contribution in [0, 0.1) is 12.7 Å². The Hall–Kier alpha value is -3.72. The average Bonchev–Trinajstić information content (AvgIpc) is 3.38. The summed E-state index contributed by atoms with van der Waals surface area (Å²) in [6.45, 7) is 1.87. The van der Waals surface area contributed by atoms with E-state index in [-0.39, 0.29) is 11.4 Å². The first-order valence-corrected chi connectivity index (χ1v) is 10.8. The van der Waals surface area contributed by atoms with Crippen LogP contribution in [0.5, 0.6) is 0 Å². The molecule has 0 N–H and O–H groups in total. The Bertz CT molecular complexity index is 1490. The standard InChI is InChI=1S/C23H18FN5O2S/c1-14-17(11-12-31-14)21-26-27-23(28(21)2)32-13-20-25-19-6-4-3-5-18(19)22(30)29(20)16-9-7-15(24)8-10-16/h3-12H,13H2,1-2H3. The van der Waals surface area contributed by atoms with Gasteiger partial charge in [0.1, 0.15) is 17.4 Å². The molecule has 0 aliphatic carbocycles. The highest BCUT2D eigenvalue weighted by Crippen LogP contribution is 2.28. The minimum atomic E-state index is -0.368. The maximum atomic E-state index is 13.5. The fourth-order valence-electron chi connectivity index (χ4n) is 3.55. The van der Waals surface area contributed by atoms with Crippen molar-refractivity contribution in [3.8, 4) is 17.1 Å². The summed E-state index contributed by atoms with van der Waals surface area (Å²) in [6.07, 6.45) is 1.62. The zero-order valence-corrected chi connectivity index (χ0v) is 18.1. The third-order valence-corrected chi connectivity index (χ3v) is 6.21. The molecule has 0 aliphatic rings. The first kappa shape index (κ1) is 20.2. The minimum Gasteiger partial charge on any atom is -0.469 e. The second kappa shape index (κ2) is 8.08. The Kier molecular flexibility index (Phi) is 5.10. The third-order valence-electron chi connectivity index (χ3n) is 5.19. The van der Waals surface area contributed by atoms with Crippen molar-refractivity contribution in [1.82, 2.24) is 24.3 Å². The lowest BCUT2D eigenvalue weighted by molar-refractivity contribution is 0.534. The van der Waals surface area contributed by atoms with Crippen LogP contribution < -0.4 is 5.56 Å². The van der Waals surface area contributed by atoms with E-state index < -0.39 is 0 Å². The van der Waals surface area contributed by atoms with Crippen LogP contribution in [-0.2, 0) is 12.8 Å². The summed E-state index contributed by atoms with van der Waals surface area (Å²) in [6, 6.07) is 14.8. The minimum absolute atomic E-state index is 0.203. The number of benzene rings is 2. The number of hydrogen-bond acceptors (Lipinski definition) is 6. The zero-order valence-electron chi connectivity index (χ0n) is 17.3.